The maximum absolute atomic E-state index is 12.2. The van der Waals surface area contributed by atoms with Gasteiger partial charge in [-0.25, -0.2) is 13.8 Å². The first-order valence-corrected chi connectivity index (χ1v) is 3.97. The van der Waals surface area contributed by atoms with Crippen molar-refractivity contribution in [2.75, 3.05) is 0 Å². The van der Waals surface area contributed by atoms with E-state index in [0.29, 0.717) is 10.9 Å². The molecule has 0 aliphatic heterocycles. The third-order valence-corrected chi connectivity index (χ3v) is 2.06. The molecule has 0 aromatic carbocycles. The molecular formula is C8H5ClF2N2. The lowest BCUT2D eigenvalue weighted by Crippen LogP contribution is -1.80. The molecule has 0 bridgehead atoms. The highest BCUT2D eigenvalue weighted by Gasteiger charge is 2.11. The van der Waals surface area contributed by atoms with E-state index < -0.39 is 6.43 Å². The number of aromatic nitrogens is 2. The topological polar surface area (TPSA) is 28.7 Å². The minimum absolute atomic E-state index is 0.134. The van der Waals surface area contributed by atoms with Gasteiger partial charge in [-0.05, 0) is 12.1 Å². The second-order valence-electron chi connectivity index (χ2n) is 2.59. The van der Waals surface area contributed by atoms with Crippen molar-refractivity contribution in [2.45, 2.75) is 6.43 Å². The van der Waals surface area contributed by atoms with Gasteiger partial charge >= 0.3 is 0 Å². The predicted molar refractivity (Wildman–Crippen MR) is 46.1 cm³/mol. The number of hydrogen-bond donors (Lipinski definition) is 1. The molecule has 0 amide bonds. The van der Waals surface area contributed by atoms with Gasteiger partial charge in [-0.15, -0.1) is 0 Å². The molecule has 1 N–H and O–H groups in total. The van der Waals surface area contributed by atoms with Gasteiger partial charge in [0, 0.05) is 11.6 Å². The summed E-state index contributed by atoms with van der Waals surface area (Å²) in [5.74, 6) is 0. The van der Waals surface area contributed by atoms with Crippen LogP contribution in [0.4, 0.5) is 8.78 Å². The number of pyridine rings is 1. The Morgan fingerprint density at radius 2 is 2.23 bits per heavy atom. The molecule has 13 heavy (non-hydrogen) atoms. The maximum Gasteiger partial charge on any atom is 0.278 e. The molecule has 0 aliphatic rings. The quantitative estimate of drug-likeness (QED) is 0.707. The van der Waals surface area contributed by atoms with Crippen LogP contribution in [0.25, 0.3) is 10.9 Å². The zero-order chi connectivity index (χ0) is 9.42. The summed E-state index contributed by atoms with van der Waals surface area (Å²) >= 11 is 5.70. The van der Waals surface area contributed by atoms with Crippen LogP contribution >= 0.6 is 11.6 Å². The smallest absolute Gasteiger partial charge is 0.278 e. The van der Waals surface area contributed by atoms with Crippen LogP contribution in [0.5, 0.6) is 0 Å². The van der Waals surface area contributed by atoms with Crippen LogP contribution in [0.15, 0.2) is 18.3 Å². The molecule has 0 fully saturated rings. The molecule has 0 radical (unpaired) electrons. The first-order valence-electron chi connectivity index (χ1n) is 3.60. The van der Waals surface area contributed by atoms with E-state index in [1.165, 1.54) is 12.3 Å². The molecule has 2 aromatic heterocycles. The third kappa shape index (κ3) is 1.37. The highest BCUT2D eigenvalue weighted by atomic mass is 35.5. The lowest BCUT2D eigenvalue weighted by atomic mass is 10.3. The Morgan fingerprint density at radius 1 is 1.46 bits per heavy atom. The van der Waals surface area contributed by atoms with Gasteiger partial charge in [0.15, 0.2) is 0 Å². The van der Waals surface area contributed by atoms with Crippen LogP contribution in [0, 0.1) is 0 Å². The molecule has 0 saturated heterocycles. The van der Waals surface area contributed by atoms with Crippen LogP contribution < -0.4 is 0 Å². The van der Waals surface area contributed by atoms with Crippen LogP contribution in [-0.2, 0) is 0 Å². The zero-order valence-electron chi connectivity index (χ0n) is 6.39. The summed E-state index contributed by atoms with van der Waals surface area (Å²) in [6.07, 6.45) is -1.04. The number of rotatable bonds is 1. The van der Waals surface area contributed by atoms with Crippen molar-refractivity contribution in [3.05, 3.63) is 29.2 Å². The summed E-state index contributed by atoms with van der Waals surface area (Å²) in [5, 5.41) is 0.764. The Morgan fingerprint density at radius 3 is 2.85 bits per heavy atom. The van der Waals surface area contributed by atoms with Gasteiger partial charge in [-0.3, -0.25) is 0 Å². The van der Waals surface area contributed by atoms with Crippen LogP contribution in [-0.4, -0.2) is 9.97 Å². The van der Waals surface area contributed by atoms with Gasteiger partial charge in [0.2, 0.25) is 0 Å². The molecule has 5 heteroatoms. The van der Waals surface area contributed by atoms with Crippen molar-refractivity contribution in [1.82, 2.24) is 9.97 Å². The third-order valence-electron chi connectivity index (χ3n) is 1.76. The minimum Gasteiger partial charge on any atom is -0.354 e. The number of alkyl halides is 2. The number of aromatic amines is 1. The van der Waals surface area contributed by atoms with E-state index in [0.717, 1.165) is 0 Å². The molecule has 0 spiro atoms. The molecule has 0 atom stereocenters. The first-order chi connectivity index (χ1) is 6.18. The number of nitrogens with one attached hydrogen (secondary N) is 1. The summed E-state index contributed by atoms with van der Waals surface area (Å²) in [7, 11) is 0. The lowest BCUT2D eigenvalue weighted by molar-refractivity contribution is 0.147. The summed E-state index contributed by atoms with van der Waals surface area (Å²) in [6, 6.07) is 2.92. The van der Waals surface area contributed by atoms with E-state index >= 15 is 0 Å². The Balaban J connectivity index is 2.68. The predicted octanol–water partition coefficient (Wildman–Crippen LogP) is 3.15. The highest BCUT2D eigenvalue weighted by molar-refractivity contribution is 6.34. The van der Waals surface area contributed by atoms with Crippen LogP contribution in [0.2, 0.25) is 5.15 Å². The summed E-state index contributed by atoms with van der Waals surface area (Å²) in [6.45, 7) is 0. The number of hydrogen-bond acceptors (Lipinski definition) is 1. The fourth-order valence-corrected chi connectivity index (χ4v) is 1.37. The second-order valence-corrected chi connectivity index (χ2v) is 2.95. The molecule has 2 rings (SSSR count). The number of H-pyrrole nitrogens is 1. The normalized spacial score (nSPS) is 11.4. The minimum atomic E-state index is -2.51. The maximum atomic E-state index is 12.2. The Bertz CT molecular complexity index is 439. The van der Waals surface area contributed by atoms with Crippen molar-refractivity contribution >= 4 is 22.5 Å². The Kier molecular flexibility index (Phi) is 1.92. The van der Waals surface area contributed by atoms with E-state index in [9.17, 15) is 8.78 Å². The Hall–Kier alpha value is -1.16. The van der Waals surface area contributed by atoms with Crippen molar-refractivity contribution in [2.24, 2.45) is 0 Å². The lowest BCUT2D eigenvalue weighted by Gasteiger charge is -1.90. The monoisotopic (exact) mass is 202 g/mol. The van der Waals surface area contributed by atoms with E-state index in [1.807, 2.05) is 0 Å². The highest BCUT2D eigenvalue weighted by Crippen LogP contribution is 2.26. The van der Waals surface area contributed by atoms with Crippen molar-refractivity contribution in [3.8, 4) is 0 Å². The molecule has 2 aromatic rings. The van der Waals surface area contributed by atoms with Gasteiger partial charge in [0.1, 0.15) is 5.15 Å². The molecule has 2 nitrogen and oxygen atoms in total. The molecule has 0 unspecified atom stereocenters. The van der Waals surface area contributed by atoms with E-state index in [2.05, 4.69) is 9.97 Å². The van der Waals surface area contributed by atoms with E-state index in [1.54, 1.807) is 6.07 Å². The van der Waals surface area contributed by atoms with Gasteiger partial charge in [0.25, 0.3) is 6.43 Å². The van der Waals surface area contributed by atoms with E-state index in [-0.39, 0.29) is 10.8 Å². The van der Waals surface area contributed by atoms with E-state index in [4.69, 9.17) is 11.6 Å². The number of halogens is 3. The van der Waals surface area contributed by atoms with Gasteiger partial charge in [-0.1, -0.05) is 11.6 Å². The van der Waals surface area contributed by atoms with Crippen molar-refractivity contribution in [1.29, 1.82) is 0 Å². The number of nitrogens with zero attached hydrogens (tertiary/aromatic N) is 1. The van der Waals surface area contributed by atoms with Crippen LogP contribution in [0.1, 0.15) is 12.1 Å². The first kappa shape index (κ1) is 8.44. The Labute approximate surface area is 77.5 Å². The average Bonchev–Trinajstić information content (AvgIpc) is 2.49. The van der Waals surface area contributed by atoms with Crippen molar-refractivity contribution < 1.29 is 8.78 Å². The summed E-state index contributed by atoms with van der Waals surface area (Å²) < 4.78 is 24.5. The fraction of sp³-hybridized carbons (Fsp3) is 0.125. The molecular weight excluding hydrogens is 198 g/mol. The van der Waals surface area contributed by atoms with Gasteiger partial charge < -0.3 is 4.98 Å². The zero-order valence-corrected chi connectivity index (χ0v) is 7.15. The number of fused-ring (bicyclic) bond motifs is 1. The van der Waals surface area contributed by atoms with Crippen LogP contribution in [0.3, 0.4) is 0 Å². The largest absolute Gasteiger partial charge is 0.354 e. The molecule has 0 aliphatic carbocycles. The molecule has 2 heterocycles. The SMILES string of the molecule is FC(F)c1cc2c(Cl)nccc2[nH]1. The standard InChI is InChI=1S/C8H5ClF2N2/c9-7-4-3-6(8(10)11)13-5(4)1-2-12-7/h1-3,8,13H. The second kappa shape index (κ2) is 2.96. The molecule has 68 valence electrons. The van der Waals surface area contributed by atoms with Gasteiger partial charge in [-0.2, -0.15) is 0 Å². The fourth-order valence-electron chi connectivity index (χ4n) is 1.16. The average molecular weight is 203 g/mol. The van der Waals surface area contributed by atoms with Crippen molar-refractivity contribution in [3.63, 3.8) is 0 Å². The molecule has 0 saturated carbocycles. The van der Waals surface area contributed by atoms with Gasteiger partial charge in [0.05, 0.1) is 11.2 Å². The summed E-state index contributed by atoms with van der Waals surface area (Å²) in [4.78, 5) is 6.34. The summed E-state index contributed by atoms with van der Waals surface area (Å²) in [5.41, 5.74) is 0.445.